The molecule has 5 rings (SSSR count). The van der Waals surface area contributed by atoms with Gasteiger partial charge in [0.2, 0.25) is 0 Å². The number of amides is 1. The van der Waals surface area contributed by atoms with E-state index >= 15 is 0 Å². The van der Waals surface area contributed by atoms with Gasteiger partial charge in [0.05, 0.1) is 34.3 Å². The molecule has 1 saturated carbocycles. The van der Waals surface area contributed by atoms with Gasteiger partial charge in [0.1, 0.15) is 5.75 Å². The van der Waals surface area contributed by atoms with Crippen LogP contribution < -0.4 is 4.74 Å². The summed E-state index contributed by atoms with van der Waals surface area (Å²) in [6, 6.07) is 14.0. The van der Waals surface area contributed by atoms with Gasteiger partial charge in [-0.05, 0) is 55.0 Å². The normalized spacial score (nSPS) is 13.5. The van der Waals surface area contributed by atoms with Gasteiger partial charge >= 0.3 is 0 Å². The van der Waals surface area contributed by atoms with E-state index in [1.165, 1.54) is 0 Å². The van der Waals surface area contributed by atoms with Crippen molar-refractivity contribution < 1.29 is 14.1 Å². The number of hydrogen-bond donors (Lipinski definition) is 0. The molecule has 0 unspecified atom stereocenters. The summed E-state index contributed by atoms with van der Waals surface area (Å²) < 4.78 is 10.7. The second-order valence-corrected chi connectivity index (χ2v) is 8.44. The van der Waals surface area contributed by atoms with E-state index in [-0.39, 0.29) is 11.9 Å². The van der Waals surface area contributed by atoms with E-state index in [9.17, 15) is 4.79 Å². The molecule has 0 N–H and O–H groups in total. The quantitative estimate of drug-likeness (QED) is 0.436. The second-order valence-electron chi connectivity index (χ2n) is 7.49. The number of fused-ring (bicyclic) bond motifs is 1. The molecule has 0 saturated heterocycles. The highest BCUT2D eigenvalue weighted by molar-refractivity contribution is 7.13. The number of carbonyl (C=O) groups excluding carboxylic acids is 1. The van der Waals surface area contributed by atoms with Crippen LogP contribution in [0.3, 0.4) is 0 Å². The highest BCUT2D eigenvalue weighted by atomic mass is 32.1. The van der Waals surface area contributed by atoms with Gasteiger partial charge in [-0.15, -0.1) is 11.3 Å². The van der Waals surface area contributed by atoms with Crippen molar-refractivity contribution in [1.82, 2.24) is 15.0 Å². The van der Waals surface area contributed by atoms with Gasteiger partial charge in [-0.1, -0.05) is 23.4 Å². The molecular weight excluding hydrogens is 398 g/mol. The third kappa shape index (κ3) is 3.45. The van der Waals surface area contributed by atoms with E-state index < -0.39 is 0 Å². The Morgan fingerprint density at radius 2 is 2.07 bits per heavy atom. The van der Waals surface area contributed by atoms with Crippen LogP contribution in [0.2, 0.25) is 0 Å². The Hall–Kier alpha value is -3.19. The van der Waals surface area contributed by atoms with Crippen molar-refractivity contribution in [1.29, 1.82) is 0 Å². The fourth-order valence-corrected chi connectivity index (χ4v) is 4.34. The van der Waals surface area contributed by atoms with Crippen molar-refractivity contribution in [3.63, 3.8) is 0 Å². The Labute approximate surface area is 178 Å². The summed E-state index contributed by atoms with van der Waals surface area (Å²) in [5, 5.41) is 6.76. The highest BCUT2D eigenvalue weighted by Gasteiger charge is 2.34. The number of benzene rings is 1. The first-order chi connectivity index (χ1) is 14.6. The zero-order valence-corrected chi connectivity index (χ0v) is 17.6. The number of hydrogen-bond acceptors (Lipinski definition) is 6. The first-order valence-corrected chi connectivity index (χ1v) is 10.8. The van der Waals surface area contributed by atoms with Crippen molar-refractivity contribution in [2.75, 3.05) is 7.11 Å². The van der Waals surface area contributed by atoms with E-state index in [0.717, 1.165) is 34.7 Å². The fraction of sp³-hybridized carbons (Fsp3) is 0.261. The van der Waals surface area contributed by atoms with Gasteiger partial charge in [-0.25, -0.2) is 4.98 Å². The van der Waals surface area contributed by atoms with E-state index in [1.54, 1.807) is 18.4 Å². The number of ether oxygens (including phenoxy) is 1. The summed E-state index contributed by atoms with van der Waals surface area (Å²) in [7, 11) is 1.65. The summed E-state index contributed by atoms with van der Waals surface area (Å²) in [5.74, 6) is 0.796. The summed E-state index contributed by atoms with van der Waals surface area (Å²) in [6.45, 7) is 2.40. The van der Waals surface area contributed by atoms with E-state index in [4.69, 9.17) is 9.26 Å². The number of rotatable bonds is 6. The van der Waals surface area contributed by atoms with Gasteiger partial charge in [-0.2, -0.15) is 0 Å². The lowest BCUT2D eigenvalue weighted by atomic mass is 10.1. The molecule has 1 aromatic carbocycles. The minimum absolute atomic E-state index is 0.00942. The topological polar surface area (TPSA) is 68.5 Å². The Morgan fingerprint density at radius 1 is 1.27 bits per heavy atom. The molecule has 0 atom stereocenters. The van der Waals surface area contributed by atoms with Crippen molar-refractivity contribution >= 4 is 28.3 Å². The number of nitrogens with zero attached hydrogens (tertiary/aromatic N) is 3. The van der Waals surface area contributed by atoms with Crippen molar-refractivity contribution in [2.24, 2.45) is 0 Å². The summed E-state index contributed by atoms with van der Waals surface area (Å²) in [5.41, 5.74) is 3.49. The summed E-state index contributed by atoms with van der Waals surface area (Å²) >= 11 is 1.58. The van der Waals surface area contributed by atoms with Crippen LogP contribution in [-0.2, 0) is 6.54 Å². The monoisotopic (exact) mass is 419 g/mol. The third-order valence-corrected chi connectivity index (χ3v) is 6.27. The number of thiophene rings is 1. The average molecular weight is 420 g/mol. The smallest absolute Gasteiger partial charge is 0.259 e. The number of methoxy groups -OCH3 is 1. The molecule has 6 nitrogen and oxygen atoms in total. The maximum atomic E-state index is 13.7. The Bertz CT molecular complexity index is 1190. The zero-order valence-electron chi connectivity index (χ0n) is 16.8. The van der Waals surface area contributed by atoms with E-state index in [2.05, 4.69) is 10.1 Å². The van der Waals surface area contributed by atoms with Crippen molar-refractivity contribution in [3.05, 3.63) is 64.7 Å². The number of aryl methyl sites for hydroxylation is 1. The lowest BCUT2D eigenvalue weighted by Crippen LogP contribution is -2.32. The van der Waals surface area contributed by atoms with E-state index in [1.807, 2.05) is 59.7 Å². The SMILES string of the molecule is COc1ccc(CN(C(=O)c2cc(-c3cccs3)nc3onc(C)c23)C2CC2)cc1. The molecule has 1 aliphatic rings. The van der Waals surface area contributed by atoms with Gasteiger partial charge in [0, 0.05) is 12.6 Å². The van der Waals surface area contributed by atoms with Crippen LogP contribution in [-0.4, -0.2) is 34.1 Å². The maximum absolute atomic E-state index is 13.7. The van der Waals surface area contributed by atoms with Crippen LogP contribution in [0.4, 0.5) is 0 Å². The standard InChI is InChI=1S/C23H21N3O3S/c1-14-21-18(12-19(20-4-3-11-30-20)24-22(21)29-25-14)23(27)26(16-7-8-16)13-15-5-9-17(28-2)10-6-15/h3-6,9-12,16H,7-8,13H2,1-2H3. The molecule has 1 aliphatic carbocycles. The van der Waals surface area contributed by atoms with Crippen molar-refractivity contribution in [3.8, 4) is 16.3 Å². The molecule has 7 heteroatoms. The zero-order chi connectivity index (χ0) is 20.7. The predicted octanol–water partition coefficient (Wildman–Crippen LogP) is 5.07. The average Bonchev–Trinajstić information content (AvgIpc) is 3.32. The van der Waals surface area contributed by atoms with Gasteiger partial charge in [0.15, 0.2) is 0 Å². The predicted molar refractivity (Wildman–Crippen MR) is 116 cm³/mol. The molecule has 0 spiro atoms. The highest BCUT2D eigenvalue weighted by Crippen LogP contribution is 2.34. The molecule has 0 radical (unpaired) electrons. The number of pyridine rings is 1. The van der Waals surface area contributed by atoms with Crippen molar-refractivity contribution in [2.45, 2.75) is 32.4 Å². The first kappa shape index (κ1) is 18.8. The molecule has 4 aromatic rings. The molecule has 3 aromatic heterocycles. The number of carbonyl (C=O) groups is 1. The second kappa shape index (κ2) is 7.57. The van der Waals surface area contributed by atoms with Crippen LogP contribution in [0.15, 0.2) is 52.4 Å². The summed E-state index contributed by atoms with van der Waals surface area (Å²) in [6.07, 6.45) is 2.05. The van der Waals surface area contributed by atoms with Crippen LogP contribution >= 0.6 is 11.3 Å². The molecule has 1 fully saturated rings. The largest absolute Gasteiger partial charge is 0.497 e. The summed E-state index contributed by atoms with van der Waals surface area (Å²) in [4.78, 5) is 21.3. The van der Waals surface area contributed by atoms with Gasteiger partial charge in [0.25, 0.3) is 11.6 Å². The molecule has 3 heterocycles. The minimum atomic E-state index is -0.00942. The van der Waals surface area contributed by atoms with Gasteiger partial charge < -0.3 is 14.2 Å². The fourth-order valence-electron chi connectivity index (χ4n) is 3.65. The van der Waals surface area contributed by atoms with Crippen LogP contribution in [0.5, 0.6) is 5.75 Å². The Balaban J connectivity index is 1.55. The number of aromatic nitrogens is 2. The molecule has 1 amide bonds. The maximum Gasteiger partial charge on any atom is 0.259 e. The third-order valence-electron chi connectivity index (χ3n) is 5.38. The molecule has 30 heavy (non-hydrogen) atoms. The van der Waals surface area contributed by atoms with Gasteiger partial charge in [-0.3, -0.25) is 4.79 Å². The van der Waals surface area contributed by atoms with Crippen LogP contribution in [0.1, 0.15) is 34.5 Å². The molecule has 152 valence electrons. The van der Waals surface area contributed by atoms with Crippen LogP contribution in [0.25, 0.3) is 21.7 Å². The van der Waals surface area contributed by atoms with E-state index in [0.29, 0.717) is 28.9 Å². The lowest BCUT2D eigenvalue weighted by molar-refractivity contribution is 0.0732. The molecule has 0 aliphatic heterocycles. The molecular formula is C23H21N3O3S. The first-order valence-electron chi connectivity index (χ1n) is 9.89. The Morgan fingerprint density at radius 3 is 2.73 bits per heavy atom. The molecule has 0 bridgehead atoms. The Kier molecular flexibility index (Phi) is 4.75. The van der Waals surface area contributed by atoms with Crippen LogP contribution in [0, 0.1) is 6.92 Å². The minimum Gasteiger partial charge on any atom is -0.497 e. The lowest BCUT2D eigenvalue weighted by Gasteiger charge is -2.23.